The van der Waals surface area contributed by atoms with Crippen LogP contribution in [0.3, 0.4) is 0 Å². The molecule has 0 saturated carbocycles. The SMILES string of the molecule is CCCNC(c1ccc(C)c(C)c1)c1ccc(Cl)o1. The Labute approximate surface area is 119 Å². The van der Waals surface area contributed by atoms with Crippen molar-refractivity contribution in [2.24, 2.45) is 0 Å². The summed E-state index contributed by atoms with van der Waals surface area (Å²) >= 11 is 5.89. The Hall–Kier alpha value is -1.25. The predicted octanol–water partition coefficient (Wildman–Crippen LogP) is 4.64. The van der Waals surface area contributed by atoms with Gasteiger partial charge < -0.3 is 9.73 Å². The number of nitrogens with one attached hydrogen (secondary N) is 1. The van der Waals surface area contributed by atoms with E-state index in [-0.39, 0.29) is 6.04 Å². The van der Waals surface area contributed by atoms with E-state index < -0.39 is 0 Å². The molecule has 1 N–H and O–H groups in total. The highest BCUT2D eigenvalue weighted by atomic mass is 35.5. The van der Waals surface area contributed by atoms with Gasteiger partial charge in [-0.1, -0.05) is 25.1 Å². The minimum Gasteiger partial charge on any atom is -0.448 e. The van der Waals surface area contributed by atoms with Gasteiger partial charge >= 0.3 is 0 Å². The molecular weight excluding hydrogens is 258 g/mol. The van der Waals surface area contributed by atoms with Crippen molar-refractivity contribution in [2.75, 3.05) is 6.54 Å². The lowest BCUT2D eigenvalue weighted by atomic mass is 9.99. The van der Waals surface area contributed by atoms with Crippen LogP contribution in [0.4, 0.5) is 0 Å². The second-order valence-electron chi connectivity index (χ2n) is 4.87. The normalized spacial score (nSPS) is 12.6. The first-order valence-electron chi connectivity index (χ1n) is 6.67. The zero-order chi connectivity index (χ0) is 13.8. The molecule has 0 saturated heterocycles. The lowest BCUT2D eigenvalue weighted by molar-refractivity contribution is 0.448. The van der Waals surface area contributed by atoms with E-state index in [1.807, 2.05) is 6.07 Å². The van der Waals surface area contributed by atoms with Crippen molar-refractivity contribution in [2.45, 2.75) is 33.2 Å². The molecule has 0 radical (unpaired) electrons. The Morgan fingerprint density at radius 1 is 1.16 bits per heavy atom. The fourth-order valence-corrected chi connectivity index (χ4v) is 2.25. The lowest BCUT2D eigenvalue weighted by Gasteiger charge is -2.18. The highest BCUT2D eigenvalue weighted by Gasteiger charge is 2.17. The highest BCUT2D eigenvalue weighted by molar-refractivity contribution is 6.28. The van der Waals surface area contributed by atoms with Gasteiger partial charge in [0.25, 0.3) is 0 Å². The number of benzene rings is 1. The van der Waals surface area contributed by atoms with Crippen LogP contribution in [0.1, 0.15) is 41.8 Å². The molecule has 0 bridgehead atoms. The van der Waals surface area contributed by atoms with Gasteiger partial charge in [0.1, 0.15) is 5.76 Å². The first-order chi connectivity index (χ1) is 9.11. The minimum absolute atomic E-state index is 0.0618. The predicted molar refractivity (Wildman–Crippen MR) is 79.8 cm³/mol. The monoisotopic (exact) mass is 277 g/mol. The molecule has 19 heavy (non-hydrogen) atoms. The Morgan fingerprint density at radius 2 is 1.95 bits per heavy atom. The Bertz CT molecular complexity index is 547. The number of rotatable bonds is 5. The van der Waals surface area contributed by atoms with Crippen LogP contribution in [-0.2, 0) is 0 Å². The van der Waals surface area contributed by atoms with Crippen molar-refractivity contribution in [3.63, 3.8) is 0 Å². The summed E-state index contributed by atoms with van der Waals surface area (Å²) in [5.41, 5.74) is 3.80. The van der Waals surface area contributed by atoms with Gasteiger partial charge in [0.2, 0.25) is 0 Å². The maximum Gasteiger partial charge on any atom is 0.193 e. The molecule has 0 aliphatic rings. The molecule has 0 amide bonds. The van der Waals surface area contributed by atoms with Crippen LogP contribution >= 0.6 is 11.6 Å². The third-order valence-electron chi connectivity index (χ3n) is 3.34. The third-order valence-corrected chi connectivity index (χ3v) is 3.54. The van der Waals surface area contributed by atoms with Crippen molar-refractivity contribution in [3.8, 4) is 0 Å². The fourth-order valence-electron chi connectivity index (χ4n) is 2.10. The average Bonchev–Trinajstić information content (AvgIpc) is 2.80. The molecular formula is C16H20ClNO. The lowest BCUT2D eigenvalue weighted by Crippen LogP contribution is -2.22. The number of halogens is 1. The zero-order valence-corrected chi connectivity index (χ0v) is 12.4. The molecule has 2 nitrogen and oxygen atoms in total. The van der Waals surface area contributed by atoms with Crippen molar-refractivity contribution in [3.05, 3.63) is 58.0 Å². The number of furan rings is 1. The van der Waals surface area contributed by atoms with E-state index in [9.17, 15) is 0 Å². The molecule has 1 unspecified atom stereocenters. The first-order valence-corrected chi connectivity index (χ1v) is 7.05. The van der Waals surface area contributed by atoms with E-state index >= 15 is 0 Å². The summed E-state index contributed by atoms with van der Waals surface area (Å²) in [7, 11) is 0. The summed E-state index contributed by atoms with van der Waals surface area (Å²) in [6.07, 6.45) is 1.08. The molecule has 0 fully saturated rings. The van der Waals surface area contributed by atoms with E-state index in [0.717, 1.165) is 18.7 Å². The smallest absolute Gasteiger partial charge is 0.193 e. The molecule has 2 rings (SSSR count). The van der Waals surface area contributed by atoms with Gasteiger partial charge in [-0.25, -0.2) is 0 Å². The molecule has 1 aromatic carbocycles. The summed E-state index contributed by atoms with van der Waals surface area (Å²) in [6, 6.07) is 10.3. The number of aryl methyl sites for hydroxylation is 2. The summed E-state index contributed by atoms with van der Waals surface area (Å²) in [5, 5.41) is 3.94. The Balaban J connectivity index is 2.33. The van der Waals surface area contributed by atoms with Gasteiger partial charge in [0.05, 0.1) is 6.04 Å². The molecule has 102 valence electrons. The van der Waals surface area contributed by atoms with Gasteiger partial charge in [-0.05, 0) is 67.2 Å². The van der Waals surface area contributed by atoms with Gasteiger partial charge in [0.15, 0.2) is 5.22 Å². The van der Waals surface area contributed by atoms with E-state index in [1.165, 1.54) is 16.7 Å². The second kappa shape index (κ2) is 6.27. The molecule has 0 aliphatic heterocycles. The maximum absolute atomic E-state index is 5.89. The molecule has 0 aliphatic carbocycles. The summed E-state index contributed by atoms with van der Waals surface area (Å²) in [4.78, 5) is 0. The van der Waals surface area contributed by atoms with Crippen LogP contribution < -0.4 is 5.32 Å². The summed E-state index contributed by atoms with van der Waals surface area (Å²) < 4.78 is 5.57. The van der Waals surface area contributed by atoms with Crippen LogP contribution in [0, 0.1) is 13.8 Å². The van der Waals surface area contributed by atoms with Gasteiger partial charge in [-0.3, -0.25) is 0 Å². The number of hydrogen-bond acceptors (Lipinski definition) is 2. The van der Waals surface area contributed by atoms with Gasteiger partial charge in [-0.15, -0.1) is 0 Å². The van der Waals surface area contributed by atoms with E-state index in [1.54, 1.807) is 6.07 Å². The molecule has 1 aromatic heterocycles. The van der Waals surface area contributed by atoms with Crippen LogP contribution in [0.5, 0.6) is 0 Å². The van der Waals surface area contributed by atoms with Gasteiger partial charge in [-0.2, -0.15) is 0 Å². The molecule has 1 atom stereocenters. The average molecular weight is 278 g/mol. The van der Waals surface area contributed by atoms with Crippen LogP contribution in [-0.4, -0.2) is 6.54 Å². The van der Waals surface area contributed by atoms with E-state index in [2.05, 4.69) is 44.3 Å². The van der Waals surface area contributed by atoms with Gasteiger partial charge in [0, 0.05) is 0 Å². The minimum atomic E-state index is 0.0618. The van der Waals surface area contributed by atoms with Crippen LogP contribution in [0.25, 0.3) is 0 Å². The zero-order valence-electron chi connectivity index (χ0n) is 11.7. The fraction of sp³-hybridized carbons (Fsp3) is 0.375. The van der Waals surface area contributed by atoms with Crippen molar-refractivity contribution in [1.82, 2.24) is 5.32 Å². The Morgan fingerprint density at radius 3 is 2.53 bits per heavy atom. The van der Waals surface area contributed by atoms with Crippen molar-refractivity contribution >= 4 is 11.6 Å². The molecule has 2 aromatic rings. The summed E-state index contributed by atoms with van der Waals surface area (Å²) in [5.74, 6) is 0.863. The Kier molecular flexibility index (Phi) is 4.67. The van der Waals surface area contributed by atoms with E-state index in [0.29, 0.717) is 5.22 Å². The first kappa shape index (κ1) is 14.2. The topological polar surface area (TPSA) is 25.2 Å². The third kappa shape index (κ3) is 3.40. The highest BCUT2D eigenvalue weighted by Crippen LogP contribution is 2.27. The summed E-state index contributed by atoms with van der Waals surface area (Å²) in [6.45, 7) is 7.34. The molecule has 0 spiro atoms. The van der Waals surface area contributed by atoms with E-state index in [4.69, 9.17) is 16.0 Å². The quantitative estimate of drug-likeness (QED) is 0.861. The molecule has 3 heteroatoms. The number of hydrogen-bond donors (Lipinski definition) is 1. The second-order valence-corrected chi connectivity index (χ2v) is 5.25. The largest absolute Gasteiger partial charge is 0.448 e. The maximum atomic E-state index is 5.89. The van der Waals surface area contributed by atoms with Crippen molar-refractivity contribution < 1.29 is 4.42 Å². The standard InChI is InChI=1S/C16H20ClNO/c1-4-9-18-16(14-7-8-15(17)19-14)13-6-5-11(2)12(3)10-13/h5-8,10,16,18H,4,9H2,1-3H3. The van der Waals surface area contributed by atoms with Crippen LogP contribution in [0.2, 0.25) is 5.22 Å². The van der Waals surface area contributed by atoms with Crippen molar-refractivity contribution in [1.29, 1.82) is 0 Å². The molecule has 1 heterocycles. The van der Waals surface area contributed by atoms with Crippen LogP contribution in [0.15, 0.2) is 34.7 Å².